The van der Waals surface area contributed by atoms with E-state index in [9.17, 15) is 33.0 Å². The first-order chi connectivity index (χ1) is 18.0. The van der Waals surface area contributed by atoms with Gasteiger partial charge in [-0.3, -0.25) is 0 Å². The van der Waals surface area contributed by atoms with E-state index in [0.717, 1.165) is 24.3 Å². The number of aromatic carboxylic acids is 2. The van der Waals surface area contributed by atoms with Crippen LogP contribution in [0.15, 0.2) is 83.2 Å². The number of benzene rings is 3. The lowest BCUT2D eigenvalue weighted by molar-refractivity contribution is -0.137. The van der Waals surface area contributed by atoms with Crippen LogP contribution in [0.3, 0.4) is 0 Å². The molecular weight excluding hydrogens is 507 g/mol. The Labute approximate surface area is 211 Å². The molecule has 13 heteroatoms. The van der Waals surface area contributed by atoms with Crippen molar-refractivity contribution in [2.75, 3.05) is 5.32 Å². The Morgan fingerprint density at radius 1 is 0.816 bits per heavy atom. The summed E-state index contributed by atoms with van der Waals surface area (Å²) in [6, 6.07) is 13.4. The quantitative estimate of drug-likeness (QED) is 0.202. The summed E-state index contributed by atoms with van der Waals surface area (Å²) in [5, 5.41) is 39.1. The van der Waals surface area contributed by atoms with Crippen LogP contribution in [0, 0.1) is 0 Å². The smallest absolute Gasteiger partial charge is 0.416 e. The molecule has 1 aromatic heterocycles. The third-order valence-corrected chi connectivity index (χ3v) is 5.12. The van der Waals surface area contributed by atoms with Crippen LogP contribution in [0.25, 0.3) is 11.3 Å². The van der Waals surface area contributed by atoms with Crippen LogP contribution in [0.5, 0.6) is 5.75 Å². The number of carboxylic acids is 2. The molecule has 0 saturated carbocycles. The summed E-state index contributed by atoms with van der Waals surface area (Å²) >= 11 is 0. The van der Waals surface area contributed by atoms with E-state index in [1.54, 1.807) is 0 Å². The van der Waals surface area contributed by atoms with E-state index in [1.807, 2.05) is 0 Å². The number of carbonyl (C=O) groups is 2. The zero-order chi connectivity index (χ0) is 27.4. The molecule has 0 aliphatic carbocycles. The number of nitrogens with zero attached hydrogens (tertiary/aromatic N) is 4. The summed E-state index contributed by atoms with van der Waals surface area (Å²) < 4.78 is 38.4. The van der Waals surface area contributed by atoms with Gasteiger partial charge in [0.2, 0.25) is 5.95 Å². The Bertz CT molecular complexity index is 1560. The first-order valence-corrected chi connectivity index (χ1v) is 10.6. The van der Waals surface area contributed by atoms with Crippen LogP contribution in [0.4, 0.5) is 36.2 Å². The van der Waals surface area contributed by atoms with Crippen LogP contribution in [-0.2, 0) is 6.18 Å². The second kappa shape index (κ2) is 10.3. The van der Waals surface area contributed by atoms with E-state index in [1.165, 1.54) is 48.7 Å². The summed E-state index contributed by atoms with van der Waals surface area (Å²) in [4.78, 5) is 31.3. The van der Waals surface area contributed by atoms with Crippen LogP contribution < -0.4 is 5.32 Å². The molecule has 0 spiro atoms. The molecule has 38 heavy (non-hydrogen) atoms. The number of hydrogen-bond donors (Lipinski definition) is 4. The van der Waals surface area contributed by atoms with Crippen molar-refractivity contribution < 1.29 is 38.1 Å². The van der Waals surface area contributed by atoms with Crippen molar-refractivity contribution in [3.8, 4) is 17.0 Å². The second-order valence-corrected chi connectivity index (χ2v) is 7.71. The number of aromatic hydroxyl groups is 1. The fraction of sp³-hybridized carbons (Fsp3) is 0.0400. The Balaban J connectivity index is 1.64. The first-order valence-electron chi connectivity index (χ1n) is 10.6. The Morgan fingerprint density at radius 3 is 2.08 bits per heavy atom. The molecular formula is C25H16F3N5O5. The van der Waals surface area contributed by atoms with Gasteiger partial charge in [0.25, 0.3) is 0 Å². The summed E-state index contributed by atoms with van der Waals surface area (Å²) in [6.07, 6.45) is -3.14. The van der Waals surface area contributed by atoms with Gasteiger partial charge in [0.05, 0.1) is 28.2 Å². The number of alkyl halides is 3. The van der Waals surface area contributed by atoms with Gasteiger partial charge in [-0.1, -0.05) is 0 Å². The van der Waals surface area contributed by atoms with E-state index in [4.69, 9.17) is 5.11 Å². The predicted molar refractivity (Wildman–Crippen MR) is 128 cm³/mol. The Morgan fingerprint density at radius 2 is 1.45 bits per heavy atom. The summed E-state index contributed by atoms with van der Waals surface area (Å²) in [7, 11) is 0. The van der Waals surface area contributed by atoms with E-state index >= 15 is 0 Å². The van der Waals surface area contributed by atoms with Crippen molar-refractivity contribution in [1.29, 1.82) is 0 Å². The van der Waals surface area contributed by atoms with E-state index in [0.29, 0.717) is 0 Å². The maximum atomic E-state index is 12.8. The van der Waals surface area contributed by atoms with Crippen LogP contribution in [-0.4, -0.2) is 37.2 Å². The van der Waals surface area contributed by atoms with Crippen LogP contribution >= 0.6 is 0 Å². The highest BCUT2D eigenvalue weighted by atomic mass is 19.4. The molecule has 1 heterocycles. The zero-order valence-electron chi connectivity index (χ0n) is 19.0. The monoisotopic (exact) mass is 523 g/mol. The SMILES string of the molecule is O=C(O)c1cc(/N=N/c2ccc(C(=O)O)c(-c3ccnc(Nc4ccc(C(F)(F)F)cc4)n3)c2)ccc1O. The van der Waals surface area contributed by atoms with Crippen molar-refractivity contribution in [2.24, 2.45) is 10.2 Å². The lowest BCUT2D eigenvalue weighted by atomic mass is 10.0. The average Bonchev–Trinajstić information content (AvgIpc) is 2.87. The van der Waals surface area contributed by atoms with E-state index < -0.39 is 29.4 Å². The topological polar surface area (TPSA) is 157 Å². The van der Waals surface area contributed by atoms with Crippen LogP contribution in [0.2, 0.25) is 0 Å². The summed E-state index contributed by atoms with van der Waals surface area (Å²) in [5.74, 6) is -3.02. The minimum Gasteiger partial charge on any atom is -0.507 e. The van der Waals surface area contributed by atoms with Crippen molar-refractivity contribution in [2.45, 2.75) is 6.18 Å². The van der Waals surface area contributed by atoms with Gasteiger partial charge < -0.3 is 20.6 Å². The maximum Gasteiger partial charge on any atom is 0.416 e. The van der Waals surface area contributed by atoms with Gasteiger partial charge in [-0.25, -0.2) is 19.6 Å². The number of azo groups is 1. The van der Waals surface area contributed by atoms with Crippen molar-refractivity contribution in [3.05, 3.63) is 89.6 Å². The van der Waals surface area contributed by atoms with Crippen molar-refractivity contribution >= 4 is 34.9 Å². The predicted octanol–water partition coefficient (Wildman–Crippen LogP) is 6.42. The highest BCUT2D eigenvalue weighted by molar-refractivity contribution is 5.96. The maximum absolute atomic E-state index is 12.8. The second-order valence-electron chi connectivity index (χ2n) is 7.71. The first kappa shape index (κ1) is 25.8. The van der Waals surface area contributed by atoms with Gasteiger partial charge in [-0.05, 0) is 66.7 Å². The molecule has 0 bridgehead atoms. The highest BCUT2D eigenvalue weighted by Crippen LogP contribution is 2.32. The lowest BCUT2D eigenvalue weighted by Gasteiger charge is -2.10. The molecule has 0 saturated heterocycles. The largest absolute Gasteiger partial charge is 0.507 e. The standard InChI is InChI=1S/C25H16F3N5O5/c26-25(27,28)13-1-3-14(4-2-13)30-24-29-10-9-20(31-24)18-11-15(5-7-17(18)22(35)36)32-33-16-6-8-21(34)19(12-16)23(37)38/h1-12,34H,(H,35,36)(H,37,38)(H,29,30,31)/b33-32+. The summed E-state index contributed by atoms with van der Waals surface area (Å²) in [6.45, 7) is 0. The van der Waals surface area contributed by atoms with Gasteiger partial charge in [0.1, 0.15) is 11.3 Å². The fourth-order valence-corrected chi connectivity index (χ4v) is 3.31. The van der Waals surface area contributed by atoms with E-state index in [-0.39, 0.29) is 45.4 Å². The molecule has 4 aromatic rings. The number of hydrogen-bond acceptors (Lipinski definition) is 8. The molecule has 0 amide bonds. The normalized spacial score (nSPS) is 11.4. The molecule has 0 fully saturated rings. The summed E-state index contributed by atoms with van der Waals surface area (Å²) in [5.41, 5.74) is -0.323. The van der Waals surface area contributed by atoms with Gasteiger partial charge in [0, 0.05) is 17.4 Å². The van der Waals surface area contributed by atoms with Crippen molar-refractivity contribution in [1.82, 2.24) is 9.97 Å². The minimum absolute atomic E-state index is 0.0101. The van der Waals surface area contributed by atoms with Gasteiger partial charge in [-0.2, -0.15) is 23.4 Å². The van der Waals surface area contributed by atoms with Gasteiger partial charge in [-0.15, -0.1) is 0 Å². The van der Waals surface area contributed by atoms with E-state index in [2.05, 4.69) is 25.5 Å². The molecule has 0 atom stereocenters. The minimum atomic E-state index is -4.48. The molecule has 3 aromatic carbocycles. The third kappa shape index (κ3) is 5.90. The number of rotatable bonds is 7. The van der Waals surface area contributed by atoms with Crippen LogP contribution in [0.1, 0.15) is 26.3 Å². The molecule has 0 aliphatic rings. The number of carboxylic acid groups (broad SMARTS) is 2. The average molecular weight is 523 g/mol. The lowest BCUT2D eigenvalue weighted by Crippen LogP contribution is -2.05. The van der Waals surface area contributed by atoms with Crippen molar-refractivity contribution in [3.63, 3.8) is 0 Å². The number of halogens is 3. The van der Waals surface area contributed by atoms with Gasteiger partial charge >= 0.3 is 18.1 Å². The number of anilines is 2. The molecule has 10 nitrogen and oxygen atoms in total. The number of aromatic nitrogens is 2. The fourth-order valence-electron chi connectivity index (χ4n) is 3.31. The number of nitrogens with one attached hydrogen (secondary N) is 1. The molecule has 0 unspecified atom stereocenters. The Kier molecular flexibility index (Phi) is 7.01. The molecule has 4 N–H and O–H groups in total. The molecule has 4 rings (SSSR count). The number of phenols is 1. The molecule has 0 aliphatic heterocycles. The Hall–Kier alpha value is -5.33. The third-order valence-electron chi connectivity index (χ3n) is 5.12. The molecule has 0 radical (unpaired) electrons. The van der Waals surface area contributed by atoms with Gasteiger partial charge in [0.15, 0.2) is 0 Å². The highest BCUT2D eigenvalue weighted by Gasteiger charge is 2.30. The molecule has 192 valence electrons. The zero-order valence-corrected chi connectivity index (χ0v) is 19.0.